The van der Waals surface area contributed by atoms with Crippen molar-refractivity contribution in [1.29, 1.82) is 0 Å². The molecule has 0 aliphatic heterocycles. The van der Waals surface area contributed by atoms with Crippen LogP contribution in [0.15, 0.2) is 12.3 Å². The van der Waals surface area contributed by atoms with Crippen LogP contribution >= 0.6 is 11.6 Å². The van der Waals surface area contributed by atoms with Crippen LogP contribution in [0.25, 0.3) is 0 Å². The van der Waals surface area contributed by atoms with Gasteiger partial charge in [-0.05, 0) is 18.1 Å². The van der Waals surface area contributed by atoms with E-state index in [-0.39, 0.29) is 0 Å². The molecule has 0 aromatic carbocycles. The SMILES string of the molecule is CCc1ccnc(C=O)c1Cl. The van der Waals surface area contributed by atoms with Crippen molar-refractivity contribution in [3.8, 4) is 0 Å². The van der Waals surface area contributed by atoms with E-state index in [2.05, 4.69) is 4.98 Å². The molecule has 0 amide bonds. The zero-order valence-electron chi connectivity index (χ0n) is 6.17. The molecule has 58 valence electrons. The molecule has 0 bridgehead atoms. The second kappa shape index (κ2) is 3.49. The van der Waals surface area contributed by atoms with Crippen molar-refractivity contribution in [3.63, 3.8) is 0 Å². The molecular weight excluding hydrogens is 162 g/mol. The minimum atomic E-state index is 0.325. The summed E-state index contributed by atoms with van der Waals surface area (Å²) in [5, 5.41) is 0.477. The first-order chi connectivity index (χ1) is 5.29. The van der Waals surface area contributed by atoms with E-state index in [9.17, 15) is 4.79 Å². The molecule has 0 aliphatic rings. The molecule has 0 atom stereocenters. The van der Waals surface area contributed by atoms with Gasteiger partial charge in [-0.2, -0.15) is 0 Å². The van der Waals surface area contributed by atoms with Crippen LogP contribution < -0.4 is 0 Å². The number of halogens is 1. The monoisotopic (exact) mass is 169 g/mol. The number of hydrogen-bond donors (Lipinski definition) is 0. The summed E-state index contributed by atoms with van der Waals surface area (Å²) < 4.78 is 0. The molecule has 0 spiro atoms. The molecule has 1 aromatic rings. The molecule has 0 unspecified atom stereocenters. The van der Waals surface area contributed by atoms with Crippen molar-refractivity contribution in [1.82, 2.24) is 4.98 Å². The van der Waals surface area contributed by atoms with Gasteiger partial charge in [0, 0.05) is 6.20 Å². The Bertz CT molecular complexity index is 273. The zero-order valence-corrected chi connectivity index (χ0v) is 6.93. The third-order valence-electron chi connectivity index (χ3n) is 1.49. The Labute approximate surface area is 70.2 Å². The van der Waals surface area contributed by atoms with Crippen LogP contribution in [0.2, 0.25) is 5.02 Å². The van der Waals surface area contributed by atoms with E-state index in [4.69, 9.17) is 11.6 Å². The van der Waals surface area contributed by atoms with E-state index in [0.29, 0.717) is 17.0 Å². The van der Waals surface area contributed by atoms with E-state index in [1.807, 2.05) is 13.0 Å². The van der Waals surface area contributed by atoms with Crippen molar-refractivity contribution in [3.05, 3.63) is 28.5 Å². The van der Waals surface area contributed by atoms with E-state index < -0.39 is 0 Å². The fourth-order valence-electron chi connectivity index (χ4n) is 0.857. The number of aromatic nitrogens is 1. The Balaban J connectivity index is 3.20. The van der Waals surface area contributed by atoms with Crippen molar-refractivity contribution < 1.29 is 4.79 Å². The summed E-state index contributed by atoms with van der Waals surface area (Å²) in [7, 11) is 0. The maximum atomic E-state index is 10.3. The Kier molecular flexibility index (Phi) is 2.60. The third-order valence-corrected chi connectivity index (χ3v) is 1.93. The van der Waals surface area contributed by atoms with Gasteiger partial charge in [0.1, 0.15) is 5.69 Å². The number of hydrogen-bond acceptors (Lipinski definition) is 2. The zero-order chi connectivity index (χ0) is 8.27. The lowest BCUT2D eigenvalue weighted by atomic mass is 10.2. The first-order valence-corrected chi connectivity index (χ1v) is 3.76. The van der Waals surface area contributed by atoms with Crippen LogP contribution in [0.1, 0.15) is 23.0 Å². The smallest absolute Gasteiger partial charge is 0.169 e. The second-order valence-corrected chi connectivity index (χ2v) is 2.52. The molecule has 1 heterocycles. The van der Waals surface area contributed by atoms with Gasteiger partial charge in [0.05, 0.1) is 5.02 Å². The Hall–Kier alpha value is -0.890. The first kappa shape index (κ1) is 8.21. The fraction of sp³-hybridized carbons (Fsp3) is 0.250. The summed E-state index contributed by atoms with van der Waals surface area (Å²) in [5.74, 6) is 0. The molecule has 0 saturated heterocycles. The quantitative estimate of drug-likeness (QED) is 0.635. The number of aldehydes is 1. The topological polar surface area (TPSA) is 30.0 Å². The molecule has 2 nitrogen and oxygen atoms in total. The van der Waals surface area contributed by atoms with Crippen molar-refractivity contribution in [2.45, 2.75) is 13.3 Å². The average Bonchev–Trinajstić information content (AvgIpc) is 2.05. The highest BCUT2D eigenvalue weighted by molar-refractivity contribution is 6.33. The van der Waals surface area contributed by atoms with E-state index in [1.165, 1.54) is 0 Å². The summed E-state index contributed by atoms with van der Waals surface area (Å²) in [6, 6.07) is 1.81. The summed E-state index contributed by atoms with van der Waals surface area (Å²) >= 11 is 5.82. The highest BCUT2D eigenvalue weighted by Gasteiger charge is 2.03. The Morgan fingerprint density at radius 3 is 3.00 bits per heavy atom. The van der Waals surface area contributed by atoms with Gasteiger partial charge < -0.3 is 0 Å². The second-order valence-electron chi connectivity index (χ2n) is 2.14. The third kappa shape index (κ3) is 1.57. The minimum Gasteiger partial charge on any atom is -0.296 e. The lowest BCUT2D eigenvalue weighted by Gasteiger charge is -2.00. The standard InChI is InChI=1S/C8H8ClNO/c1-2-6-3-4-10-7(5-11)8(6)9/h3-5H,2H2,1H3. The minimum absolute atomic E-state index is 0.325. The van der Waals surface area contributed by atoms with Gasteiger partial charge in [-0.1, -0.05) is 18.5 Å². The van der Waals surface area contributed by atoms with Gasteiger partial charge in [0.15, 0.2) is 6.29 Å². The molecule has 1 aromatic heterocycles. The highest BCUT2D eigenvalue weighted by Crippen LogP contribution is 2.17. The fourth-order valence-corrected chi connectivity index (χ4v) is 1.15. The number of carbonyl (C=O) groups excluding carboxylic acids is 1. The molecule has 1 rings (SSSR count). The number of carbonyl (C=O) groups is 1. The first-order valence-electron chi connectivity index (χ1n) is 3.38. The van der Waals surface area contributed by atoms with E-state index in [0.717, 1.165) is 12.0 Å². The predicted molar refractivity (Wildman–Crippen MR) is 44.0 cm³/mol. The molecule has 0 saturated carbocycles. The molecule has 0 aliphatic carbocycles. The number of aryl methyl sites for hydroxylation is 1. The van der Waals surface area contributed by atoms with Crippen LogP contribution in [0.3, 0.4) is 0 Å². The molecular formula is C8H8ClNO. The maximum Gasteiger partial charge on any atom is 0.169 e. The lowest BCUT2D eigenvalue weighted by molar-refractivity contribution is 0.111. The van der Waals surface area contributed by atoms with Gasteiger partial charge in [-0.25, -0.2) is 0 Å². The molecule has 3 heteroatoms. The lowest BCUT2D eigenvalue weighted by Crippen LogP contribution is -1.92. The van der Waals surface area contributed by atoms with Gasteiger partial charge >= 0.3 is 0 Å². The van der Waals surface area contributed by atoms with Crippen LogP contribution in [0.4, 0.5) is 0 Å². The molecule has 0 N–H and O–H groups in total. The molecule has 0 fully saturated rings. The van der Waals surface area contributed by atoms with E-state index >= 15 is 0 Å². The van der Waals surface area contributed by atoms with Gasteiger partial charge in [0.2, 0.25) is 0 Å². The van der Waals surface area contributed by atoms with Crippen molar-refractivity contribution in [2.75, 3.05) is 0 Å². The Morgan fingerprint density at radius 1 is 1.73 bits per heavy atom. The molecule has 11 heavy (non-hydrogen) atoms. The summed E-state index contributed by atoms with van der Waals surface area (Å²) in [6.45, 7) is 1.98. The average molecular weight is 170 g/mol. The van der Waals surface area contributed by atoms with Crippen molar-refractivity contribution in [2.24, 2.45) is 0 Å². The van der Waals surface area contributed by atoms with Gasteiger partial charge in [0.25, 0.3) is 0 Å². The summed E-state index contributed by atoms with van der Waals surface area (Å²) in [5.41, 5.74) is 1.29. The molecule has 0 radical (unpaired) electrons. The largest absolute Gasteiger partial charge is 0.296 e. The highest BCUT2D eigenvalue weighted by atomic mass is 35.5. The van der Waals surface area contributed by atoms with Gasteiger partial charge in [-0.3, -0.25) is 9.78 Å². The van der Waals surface area contributed by atoms with Crippen molar-refractivity contribution >= 4 is 17.9 Å². The summed E-state index contributed by atoms with van der Waals surface area (Å²) in [4.78, 5) is 14.2. The van der Waals surface area contributed by atoms with Crippen LogP contribution in [0, 0.1) is 0 Å². The Morgan fingerprint density at radius 2 is 2.45 bits per heavy atom. The van der Waals surface area contributed by atoms with Gasteiger partial charge in [-0.15, -0.1) is 0 Å². The van der Waals surface area contributed by atoms with Crippen LogP contribution in [-0.4, -0.2) is 11.3 Å². The number of rotatable bonds is 2. The van der Waals surface area contributed by atoms with E-state index in [1.54, 1.807) is 6.20 Å². The van der Waals surface area contributed by atoms with Crippen LogP contribution in [-0.2, 0) is 6.42 Å². The normalized spacial score (nSPS) is 9.64. The number of pyridine rings is 1. The predicted octanol–water partition coefficient (Wildman–Crippen LogP) is 2.11. The summed E-state index contributed by atoms with van der Waals surface area (Å²) in [6.07, 6.45) is 3.08. The van der Waals surface area contributed by atoms with Crippen LogP contribution in [0.5, 0.6) is 0 Å². The maximum absolute atomic E-state index is 10.3. The number of nitrogens with zero attached hydrogens (tertiary/aromatic N) is 1.